The third-order valence-corrected chi connectivity index (χ3v) is 2.12. The molecule has 1 atom stereocenters. The molecule has 0 aliphatic rings. The number of benzene rings is 1. The number of nitrogen functional groups attached to an aromatic ring is 1. The molecule has 1 unspecified atom stereocenters. The Morgan fingerprint density at radius 2 is 2.27 bits per heavy atom. The van der Waals surface area contributed by atoms with Crippen molar-refractivity contribution >= 4 is 11.7 Å². The van der Waals surface area contributed by atoms with Gasteiger partial charge in [-0.25, -0.2) is 9.18 Å². The molecule has 0 heterocycles. The first-order chi connectivity index (χ1) is 7.04. The average molecular weight is 211 g/mol. The molecule has 0 saturated heterocycles. The number of hydrogen-bond acceptors (Lipinski definition) is 3. The van der Waals surface area contributed by atoms with Gasteiger partial charge in [0.1, 0.15) is 5.82 Å². The standard InChI is InChI=1S/C11H14FNO2/c1-3-7(2)15-11(14)8-4-5-10(13)9(12)6-8/h4-7H,3,13H2,1-2H3. The molecule has 0 saturated carbocycles. The van der Waals surface area contributed by atoms with Gasteiger partial charge in [0.2, 0.25) is 0 Å². The van der Waals surface area contributed by atoms with Gasteiger partial charge in [-0.05, 0) is 31.5 Å². The molecule has 3 nitrogen and oxygen atoms in total. The fourth-order valence-corrected chi connectivity index (χ4v) is 0.988. The number of carbonyl (C=O) groups is 1. The summed E-state index contributed by atoms with van der Waals surface area (Å²) in [6.45, 7) is 3.69. The Bertz CT molecular complexity index is 366. The molecule has 0 aliphatic carbocycles. The number of esters is 1. The van der Waals surface area contributed by atoms with Gasteiger partial charge in [0.05, 0.1) is 17.4 Å². The molecular weight excluding hydrogens is 197 g/mol. The van der Waals surface area contributed by atoms with Gasteiger partial charge >= 0.3 is 5.97 Å². The number of hydrogen-bond donors (Lipinski definition) is 1. The van der Waals surface area contributed by atoms with Crippen LogP contribution in [0.3, 0.4) is 0 Å². The van der Waals surface area contributed by atoms with E-state index in [4.69, 9.17) is 10.5 Å². The second-order valence-corrected chi connectivity index (χ2v) is 3.36. The van der Waals surface area contributed by atoms with E-state index in [2.05, 4.69) is 0 Å². The highest BCUT2D eigenvalue weighted by atomic mass is 19.1. The smallest absolute Gasteiger partial charge is 0.338 e. The zero-order valence-electron chi connectivity index (χ0n) is 8.79. The maximum atomic E-state index is 13.0. The Kier molecular flexibility index (Phi) is 3.66. The van der Waals surface area contributed by atoms with E-state index in [9.17, 15) is 9.18 Å². The number of anilines is 1. The van der Waals surface area contributed by atoms with Crippen molar-refractivity contribution < 1.29 is 13.9 Å². The monoisotopic (exact) mass is 211 g/mol. The van der Waals surface area contributed by atoms with E-state index >= 15 is 0 Å². The minimum absolute atomic E-state index is 0.0232. The molecule has 0 spiro atoms. The van der Waals surface area contributed by atoms with E-state index in [1.165, 1.54) is 12.1 Å². The van der Waals surface area contributed by atoms with Crippen LogP contribution in [0.15, 0.2) is 18.2 Å². The van der Waals surface area contributed by atoms with Gasteiger partial charge in [0, 0.05) is 0 Å². The molecule has 82 valence electrons. The molecule has 0 radical (unpaired) electrons. The first-order valence-corrected chi connectivity index (χ1v) is 4.80. The van der Waals surface area contributed by atoms with Crippen molar-refractivity contribution in [1.29, 1.82) is 0 Å². The molecule has 4 heteroatoms. The Balaban J connectivity index is 2.78. The van der Waals surface area contributed by atoms with Crippen LogP contribution >= 0.6 is 0 Å². The average Bonchev–Trinajstić information content (AvgIpc) is 2.21. The number of rotatable bonds is 3. The number of carbonyl (C=O) groups excluding carboxylic acids is 1. The van der Waals surface area contributed by atoms with E-state index in [0.717, 1.165) is 12.5 Å². The molecule has 0 fully saturated rings. The van der Waals surface area contributed by atoms with Crippen LogP contribution in [-0.2, 0) is 4.74 Å². The summed E-state index contributed by atoms with van der Waals surface area (Å²) >= 11 is 0. The van der Waals surface area contributed by atoms with Crippen LogP contribution < -0.4 is 5.73 Å². The van der Waals surface area contributed by atoms with Crippen molar-refractivity contribution in [2.45, 2.75) is 26.4 Å². The lowest BCUT2D eigenvalue weighted by Gasteiger charge is -2.10. The number of ether oxygens (including phenoxy) is 1. The third kappa shape index (κ3) is 2.94. The molecule has 15 heavy (non-hydrogen) atoms. The lowest BCUT2D eigenvalue weighted by molar-refractivity contribution is 0.0334. The highest BCUT2D eigenvalue weighted by molar-refractivity contribution is 5.89. The van der Waals surface area contributed by atoms with Crippen molar-refractivity contribution in [2.75, 3.05) is 5.73 Å². The summed E-state index contributed by atoms with van der Waals surface area (Å²) < 4.78 is 18.1. The second kappa shape index (κ2) is 4.77. The maximum absolute atomic E-state index is 13.0. The lowest BCUT2D eigenvalue weighted by atomic mass is 10.2. The molecule has 0 aliphatic heterocycles. The summed E-state index contributed by atoms with van der Waals surface area (Å²) in [7, 11) is 0. The second-order valence-electron chi connectivity index (χ2n) is 3.36. The molecule has 2 N–H and O–H groups in total. The van der Waals surface area contributed by atoms with Crippen molar-refractivity contribution in [2.24, 2.45) is 0 Å². The zero-order chi connectivity index (χ0) is 11.4. The topological polar surface area (TPSA) is 52.3 Å². The minimum Gasteiger partial charge on any atom is -0.459 e. The summed E-state index contributed by atoms with van der Waals surface area (Å²) in [6.07, 6.45) is 0.557. The van der Waals surface area contributed by atoms with Crippen molar-refractivity contribution in [3.8, 4) is 0 Å². The van der Waals surface area contributed by atoms with Gasteiger partial charge in [0.15, 0.2) is 0 Å². The van der Waals surface area contributed by atoms with Crippen LogP contribution in [0.25, 0.3) is 0 Å². The number of nitrogens with two attached hydrogens (primary N) is 1. The molecule has 1 aromatic rings. The quantitative estimate of drug-likeness (QED) is 0.616. The first-order valence-electron chi connectivity index (χ1n) is 4.80. The summed E-state index contributed by atoms with van der Waals surface area (Å²) in [5.41, 5.74) is 5.49. The Hall–Kier alpha value is -1.58. The van der Waals surface area contributed by atoms with Gasteiger partial charge < -0.3 is 10.5 Å². The summed E-state index contributed by atoms with van der Waals surface area (Å²) in [5.74, 6) is -1.13. The Morgan fingerprint density at radius 3 is 2.80 bits per heavy atom. The Morgan fingerprint density at radius 1 is 1.60 bits per heavy atom. The summed E-state index contributed by atoms with van der Waals surface area (Å²) in [5, 5.41) is 0. The van der Waals surface area contributed by atoms with E-state index < -0.39 is 11.8 Å². The lowest BCUT2D eigenvalue weighted by Crippen LogP contribution is -2.14. The predicted octanol–water partition coefficient (Wildman–Crippen LogP) is 2.36. The van der Waals surface area contributed by atoms with Crippen LogP contribution in [-0.4, -0.2) is 12.1 Å². The fraction of sp³-hybridized carbons (Fsp3) is 0.364. The normalized spacial score (nSPS) is 12.2. The number of halogens is 1. The first kappa shape index (κ1) is 11.5. The van der Waals surface area contributed by atoms with E-state index in [1.54, 1.807) is 6.92 Å². The fourth-order valence-electron chi connectivity index (χ4n) is 0.988. The van der Waals surface area contributed by atoms with Gasteiger partial charge in [-0.15, -0.1) is 0 Å². The van der Waals surface area contributed by atoms with Crippen molar-refractivity contribution in [3.63, 3.8) is 0 Å². The molecule has 0 bridgehead atoms. The highest BCUT2D eigenvalue weighted by Crippen LogP contribution is 2.13. The molecule has 0 amide bonds. The minimum atomic E-state index is -0.603. The maximum Gasteiger partial charge on any atom is 0.338 e. The molecule has 1 rings (SSSR count). The largest absolute Gasteiger partial charge is 0.459 e. The van der Waals surface area contributed by atoms with Gasteiger partial charge in [-0.2, -0.15) is 0 Å². The van der Waals surface area contributed by atoms with Crippen molar-refractivity contribution in [1.82, 2.24) is 0 Å². The van der Waals surface area contributed by atoms with Crippen LogP contribution in [0.5, 0.6) is 0 Å². The summed E-state index contributed by atoms with van der Waals surface area (Å²) in [6, 6.07) is 3.88. The highest BCUT2D eigenvalue weighted by Gasteiger charge is 2.12. The Labute approximate surface area is 88.0 Å². The summed E-state index contributed by atoms with van der Waals surface area (Å²) in [4.78, 5) is 11.4. The molecule has 1 aromatic carbocycles. The van der Waals surface area contributed by atoms with Crippen LogP contribution in [0.4, 0.5) is 10.1 Å². The van der Waals surface area contributed by atoms with E-state index in [1.807, 2.05) is 6.92 Å². The van der Waals surface area contributed by atoms with Gasteiger partial charge in [0.25, 0.3) is 0 Å². The van der Waals surface area contributed by atoms with Crippen molar-refractivity contribution in [3.05, 3.63) is 29.6 Å². The third-order valence-electron chi connectivity index (χ3n) is 2.12. The molecular formula is C11H14FNO2. The van der Waals surface area contributed by atoms with E-state index in [0.29, 0.717) is 0 Å². The van der Waals surface area contributed by atoms with Gasteiger partial charge in [-0.3, -0.25) is 0 Å². The molecule has 0 aromatic heterocycles. The van der Waals surface area contributed by atoms with Crippen LogP contribution in [0.2, 0.25) is 0 Å². The predicted molar refractivity (Wildman–Crippen MR) is 56.0 cm³/mol. The van der Waals surface area contributed by atoms with Gasteiger partial charge in [-0.1, -0.05) is 6.92 Å². The van der Waals surface area contributed by atoms with Crippen LogP contribution in [0.1, 0.15) is 30.6 Å². The van der Waals surface area contributed by atoms with Crippen LogP contribution in [0, 0.1) is 5.82 Å². The van der Waals surface area contributed by atoms with E-state index in [-0.39, 0.29) is 17.4 Å². The zero-order valence-corrected chi connectivity index (χ0v) is 8.79. The SMILES string of the molecule is CCC(C)OC(=O)c1ccc(N)c(F)c1.